The smallest absolute Gasteiger partial charge is 0.363 e. The van der Waals surface area contributed by atoms with Gasteiger partial charge >= 0.3 is 5.97 Å². The maximum atomic E-state index is 12.0. The van der Waals surface area contributed by atoms with Crippen LogP contribution in [-0.4, -0.2) is 21.7 Å². The molecule has 0 atom stereocenters. The third-order valence-corrected chi connectivity index (χ3v) is 4.13. The number of rotatable bonds is 4. The summed E-state index contributed by atoms with van der Waals surface area (Å²) in [5.74, 6) is -0.721. The third kappa shape index (κ3) is 3.35. The Bertz CT molecular complexity index is 1010. The van der Waals surface area contributed by atoms with Gasteiger partial charge in [0.2, 0.25) is 5.90 Å². The van der Waals surface area contributed by atoms with Crippen molar-refractivity contribution in [1.29, 1.82) is 0 Å². The van der Waals surface area contributed by atoms with Gasteiger partial charge in [0.15, 0.2) is 5.70 Å². The highest BCUT2D eigenvalue weighted by atomic mass is 79.9. The Morgan fingerprint density at radius 3 is 2.46 bits per heavy atom. The quantitative estimate of drug-likeness (QED) is 0.323. The van der Waals surface area contributed by atoms with Crippen molar-refractivity contribution in [1.82, 2.24) is 0 Å². The molecule has 1 aliphatic heterocycles. The fourth-order valence-corrected chi connectivity index (χ4v) is 2.69. The van der Waals surface area contributed by atoms with Gasteiger partial charge < -0.3 is 4.74 Å². The average Bonchev–Trinajstić information content (AvgIpc) is 2.95. The summed E-state index contributed by atoms with van der Waals surface area (Å²) in [6, 6.07) is 10.1. The minimum Gasteiger partial charge on any atom is -0.402 e. The van der Waals surface area contributed by atoms with Gasteiger partial charge in [-0.25, -0.2) is 9.79 Å². The minimum atomic E-state index is -0.775. The Hall–Kier alpha value is -3.40. The van der Waals surface area contributed by atoms with E-state index in [1.165, 1.54) is 6.07 Å². The molecule has 26 heavy (non-hydrogen) atoms. The van der Waals surface area contributed by atoms with E-state index in [4.69, 9.17) is 4.74 Å². The lowest BCUT2D eigenvalue weighted by atomic mass is 10.1. The zero-order chi connectivity index (χ0) is 18.8. The Kier molecular flexibility index (Phi) is 4.59. The summed E-state index contributed by atoms with van der Waals surface area (Å²) in [7, 11) is 0. The topological polar surface area (TPSA) is 125 Å². The number of carbonyl (C=O) groups is 1. The molecular weight excluding hydrogens is 410 g/mol. The molecule has 130 valence electrons. The summed E-state index contributed by atoms with van der Waals surface area (Å²) in [6.45, 7) is 0. The Morgan fingerprint density at radius 2 is 1.81 bits per heavy atom. The first-order valence-electron chi connectivity index (χ1n) is 7.07. The van der Waals surface area contributed by atoms with E-state index in [2.05, 4.69) is 20.9 Å². The molecule has 0 saturated carbocycles. The van der Waals surface area contributed by atoms with E-state index in [1.54, 1.807) is 24.3 Å². The number of cyclic esters (lactones) is 1. The number of ether oxygens (including phenoxy) is 1. The van der Waals surface area contributed by atoms with Gasteiger partial charge in [0.25, 0.3) is 11.4 Å². The Morgan fingerprint density at radius 1 is 1.08 bits per heavy atom. The highest BCUT2D eigenvalue weighted by molar-refractivity contribution is 9.10. The van der Waals surface area contributed by atoms with Gasteiger partial charge in [0, 0.05) is 10.5 Å². The van der Waals surface area contributed by atoms with E-state index in [0.29, 0.717) is 10.0 Å². The van der Waals surface area contributed by atoms with Crippen LogP contribution in [0.25, 0.3) is 6.08 Å². The summed E-state index contributed by atoms with van der Waals surface area (Å²) in [5.41, 5.74) is -0.533. The molecule has 9 nitrogen and oxygen atoms in total. The fraction of sp³-hybridized carbons (Fsp3) is 0. The first kappa shape index (κ1) is 17.4. The number of hydrogen-bond donors (Lipinski definition) is 0. The average molecular weight is 418 g/mol. The van der Waals surface area contributed by atoms with Crippen molar-refractivity contribution in [2.45, 2.75) is 0 Å². The largest absolute Gasteiger partial charge is 0.402 e. The summed E-state index contributed by atoms with van der Waals surface area (Å²) in [4.78, 5) is 36.6. The lowest BCUT2D eigenvalue weighted by Gasteiger charge is -2.01. The first-order valence-corrected chi connectivity index (χ1v) is 7.86. The van der Waals surface area contributed by atoms with Gasteiger partial charge in [0.1, 0.15) is 0 Å². The zero-order valence-corrected chi connectivity index (χ0v) is 14.4. The molecule has 2 aromatic carbocycles. The van der Waals surface area contributed by atoms with Gasteiger partial charge in [-0.3, -0.25) is 20.2 Å². The van der Waals surface area contributed by atoms with Crippen LogP contribution in [0, 0.1) is 20.2 Å². The van der Waals surface area contributed by atoms with Crippen molar-refractivity contribution < 1.29 is 19.4 Å². The van der Waals surface area contributed by atoms with E-state index in [1.807, 2.05) is 0 Å². The maximum absolute atomic E-state index is 12.0. The monoisotopic (exact) mass is 417 g/mol. The molecule has 0 spiro atoms. The molecule has 0 saturated heterocycles. The van der Waals surface area contributed by atoms with Crippen molar-refractivity contribution >= 4 is 45.2 Å². The second kappa shape index (κ2) is 6.84. The van der Waals surface area contributed by atoms with Crippen LogP contribution in [0.5, 0.6) is 0 Å². The van der Waals surface area contributed by atoms with Crippen molar-refractivity contribution in [3.8, 4) is 0 Å². The number of halogens is 1. The second-order valence-electron chi connectivity index (χ2n) is 5.07. The number of nitro groups is 2. The van der Waals surface area contributed by atoms with Crippen LogP contribution in [0.2, 0.25) is 0 Å². The number of carbonyl (C=O) groups excluding carboxylic acids is 1. The maximum Gasteiger partial charge on any atom is 0.363 e. The number of nitrogens with zero attached hydrogens (tertiary/aromatic N) is 3. The molecule has 0 radical (unpaired) electrons. The number of esters is 1. The van der Waals surface area contributed by atoms with Gasteiger partial charge in [-0.05, 0) is 40.2 Å². The van der Waals surface area contributed by atoms with E-state index in [9.17, 15) is 25.0 Å². The summed E-state index contributed by atoms with van der Waals surface area (Å²) < 4.78 is 5.77. The SMILES string of the molecule is O=C1OC(c2ccccc2Br)=N/C1=C\c1ccc([N+](=O)[O-])cc1[N+](=O)[O-]. The molecule has 1 heterocycles. The van der Waals surface area contributed by atoms with Crippen LogP contribution in [0.3, 0.4) is 0 Å². The van der Waals surface area contributed by atoms with Crippen LogP contribution >= 0.6 is 15.9 Å². The normalized spacial score (nSPS) is 14.9. The fourth-order valence-electron chi connectivity index (χ4n) is 2.23. The van der Waals surface area contributed by atoms with E-state index in [-0.39, 0.29) is 17.2 Å². The highest BCUT2D eigenvalue weighted by Gasteiger charge is 2.27. The van der Waals surface area contributed by atoms with E-state index < -0.39 is 27.2 Å². The summed E-state index contributed by atoms with van der Waals surface area (Å²) >= 11 is 3.32. The molecule has 10 heteroatoms. The molecule has 3 rings (SSSR count). The number of nitro benzene ring substituents is 2. The Balaban J connectivity index is 2.05. The van der Waals surface area contributed by atoms with E-state index in [0.717, 1.165) is 18.2 Å². The van der Waals surface area contributed by atoms with Crippen LogP contribution in [0.15, 0.2) is 57.6 Å². The van der Waals surface area contributed by atoms with Crippen LogP contribution in [0.1, 0.15) is 11.1 Å². The molecule has 0 fully saturated rings. The standard InChI is InChI=1S/C16H8BrN3O6/c17-12-4-2-1-3-11(12)15-18-13(16(21)26-15)7-9-5-6-10(19(22)23)8-14(9)20(24)25/h1-8H/b13-7-. The molecule has 0 N–H and O–H groups in total. The van der Waals surface area contributed by atoms with Crippen molar-refractivity contribution in [3.63, 3.8) is 0 Å². The van der Waals surface area contributed by atoms with Crippen molar-refractivity contribution in [2.75, 3.05) is 0 Å². The van der Waals surface area contributed by atoms with Crippen LogP contribution in [0.4, 0.5) is 11.4 Å². The summed E-state index contributed by atoms with van der Waals surface area (Å²) in [5, 5.41) is 22.0. The lowest BCUT2D eigenvalue weighted by Crippen LogP contribution is -2.06. The molecule has 0 aromatic heterocycles. The minimum absolute atomic E-state index is 0.00433. The first-order chi connectivity index (χ1) is 12.4. The zero-order valence-electron chi connectivity index (χ0n) is 12.8. The molecule has 2 aromatic rings. The van der Waals surface area contributed by atoms with Crippen LogP contribution < -0.4 is 0 Å². The van der Waals surface area contributed by atoms with Crippen molar-refractivity contribution in [2.24, 2.45) is 4.99 Å². The van der Waals surface area contributed by atoms with Gasteiger partial charge in [-0.15, -0.1) is 0 Å². The van der Waals surface area contributed by atoms with Crippen LogP contribution in [-0.2, 0) is 9.53 Å². The number of benzene rings is 2. The van der Waals surface area contributed by atoms with Gasteiger partial charge in [-0.2, -0.15) is 0 Å². The van der Waals surface area contributed by atoms with Crippen molar-refractivity contribution in [3.05, 3.63) is 84.0 Å². The highest BCUT2D eigenvalue weighted by Crippen LogP contribution is 2.29. The predicted octanol–water partition coefficient (Wildman–Crippen LogP) is 3.61. The molecule has 1 aliphatic rings. The molecular formula is C16H8BrN3O6. The molecule has 0 aliphatic carbocycles. The molecule has 0 amide bonds. The lowest BCUT2D eigenvalue weighted by molar-refractivity contribution is -0.394. The number of hydrogen-bond acceptors (Lipinski definition) is 7. The van der Waals surface area contributed by atoms with Gasteiger partial charge in [-0.1, -0.05) is 12.1 Å². The second-order valence-corrected chi connectivity index (χ2v) is 5.93. The summed E-state index contributed by atoms with van der Waals surface area (Å²) in [6.07, 6.45) is 1.16. The van der Waals surface area contributed by atoms with Gasteiger partial charge in [0.05, 0.1) is 27.0 Å². The third-order valence-electron chi connectivity index (χ3n) is 3.44. The molecule has 0 unspecified atom stereocenters. The Labute approximate surface area is 154 Å². The number of non-ortho nitro benzene ring substituents is 1. The number of aliphatic imine (C=N–C) groups is 1. The molecule has 0 bridgehead atoms. The predicted molar refractivity (Wildman–Crippen MR) is 94.5 cm³/mol. The van der Waals surface area contributed by atoms with E-state index >= 15 is 0 Å².